The van der Waals surface area contributed by atoms with Crippen LogP contribution in [-0.4, -0.2) is 56.8 Å². The number of halogens is 1. The van der Waals surface area contributed by atoms with Crippen LogP contribution in [0.1, 0.15) is 16.7 Å². The Hall–Kier alpha value is -0.380. The third kappa shape index (κ3) is 6.80. The van der Waals surface area contributed by atoms with Crippen molar-refractivity contribution in [2.24, 2.45) is 4.99 Å². The van der Waals surface area contributed by atoms with Crippen molar-refractivity contribution in [3.8, 4) is 0 Å². The van der Waals surface area contributed by atoms with E-state index in [1.807, 2.05) is 0 Å². The van der Waals surface area contributed by atoms with Crippen LogP contribution >= 0.6 is 35.3 Å². The Bertz CT molecular complexity index is 466. The van der Waals surface area contributed by atoms with Gasteiger partial charge in [0, 0.05) is 35.9 Å². The third-order valence-electron chi connectivity index (χ3n) is 3.37. The second-order valence-corrected chi connectivity index (χ2v) is 6.72. The molecule has 22 heavy (non-hydrogen) atoms. The summed E-state index contributed by atoms with van der Waals surface area (Å²) in [5.41, 5.74) is 0. The van der Waals surface area contributed by atoms with Crippen LogP contribution in [0.15, 0.2) is 17.1 Å². The Morgan fingerprint density at radius 1 is 1.45 bits per heavy atom. The highest BCUT2D eigenvalue weighted by Gasteiger charge is 2.17. The molecule has 7 heteroatoms. The molecule has 1 unspecified atom stereocenters. The molecule has 0 spiro atoms. The molecule has 126 valence electrons. The molecule has 0 bridgehead atoms. The van der Waals surface area contributed by atoms with Gasteiger partial charge in [-0.25, -0.2) is 4.99 Å². The molecule has 5 nitrogen and oxygen atoms in total. The number of hydrogen-bond donors (Lipinski definition) is 2. The summed E-state index contributed by atoms with van der Waals surface area (Å²) in [6.45, 7) is 9.37. The predicted octanol–water partition coefficient (Wildman–Crippen LogP) is 2.06. The van der Waals surface area contributed by atoms with E-state index in [2.05, 4.69) is 53.6 Å². The second-order valence-electron chi connectivity index (χ2n) is 5.34. The van der Waals surface area contributed by atoms with Crippen LogP contribution in [0.5, 0.6) is 0 Å². The Labute approximate surface area is 154 Å². The van der Waals surface area contributed by atoms with Gasteiger partial charge in [0.15, 0.2) is 5.96 Å². The summed E-state index contributed by atoms with van der Waals surface area (Å²) in [6, 6.07) is 4.29. The molecule has 0 aliphatic carbocycles. The van der Waals surface area contributed by atoms with E-state index >= 15 is 0 Å². The van der Waals surface area contributed by atoms with Gasteiger partial charge in [-0.05, 0) is 33.0 Å². The molecule has 0 aromatic carbocycles. The number of hydrogen-bond acceptors (Lipinski definition) is 4. The lowest BCUT2D eigenvalue weighted by Gasteiger charge is -2.30. The first kappa shape index (κ1) is 19.7. The Balaban J connectivity index is 0.00000242. The summed E-state index contributed by atoms with van der Waals surface area (Å²) >= 11 is 1.80. The van der Waals surface area contributed by atoms with Crippen molar-refractivity contribution in [1.82, 2.24) is 15.5 Å². The smallest absolute Gasteiger partial charge is 0.191 e. The molecule has 2 N–H and O–H groups in total. The fourth-order valence-corrected chi connectivity index (χ4v) is 3.08. The highest BCUT2D eigenvalue weighted by Crippen LogP contribution is 2.15. The average molecular weight is 438 g/mol. The van der Waals surface area contributed by atoms with Crippen molar-refractivity contribution >= 4 is 41.3 Å². The second kappa shape index (κ2) is 10.4. The van der Waals surface area contributed by atoms with Gasteiger partial charge in [0.2, 0.25) is 0 Å². The Morgan fingerprint density at radius 3 is 2.91 bits per heavy atom. The van der Waals surface area contributed by atoms with Crippen molar-refractivity contribution in [2.45, 2.75) is 26.5 Å². The molecule has 1 saturated heterocycles. The summed E-state index contributed by atoms with van der Waals surface area (Å²) in [5, 5.41) is 6.66. The third-order valence-corrected chi connectivity index (χ3v) is 4.36. The molecule has 0 radical (unpaired) electrons. The zero-order valence-electron chi connectivity index (χ0n) is 13.6. The summed E-state index contributed by atoms with van der Waals surface area (Å²) < 4.78 is 5.76. The van der Waals surface area contributed by atoms with Gasteiger partial charge in [0.25, 0.3) is 0 Å². The van der Waals surface area contributed by atoms with Gasteiger partial charge < -0.3 is 20.3 Å². The number of aliphatic imine (C=N–C) groups is 1. The summed E-state index contributed by atoms with van der Waals surface area (Å²) in [6.07, 6.45) is 0.233. The molecular formula is C15H27IN4OS. The minimum absolute atomic E-state index is 0. The van der Waals surface area contributed by atoms with E-state index in [4.69, 9.17) is 4.74 Å². The maximum Gasteiger partial charge on any atom is 0.191 e. The lowest BCUT2D eigenvalue weighted by Crippen LogP contribution is -2.48. The Morgan fingerprint density at radius 2 is 2.27 bits per heavy atom. The topological polar surface area (TPSA) is 48.9 Å². The quantitative estimate of drug-likeness (QED) is 0.420. The monoisotopic (exact) mass is 438 g/mol. The van der Waals surface area contributed by atoms with Crippen molar-refractivity contribution in [3.05, 3.63) is 21.9 Å². The molecule has 2 heterocycles. The van der Waals surface area contributed by atoms with Crippen LogP contribution in [0.3, 0.4) is 0 Å². The van der Waals surface area contributed by atoms with Crippen LogP contribution in [0.25, 0.3) is 0 Å². The molecule has 1 aromatic heterocycles. The summed E-state index contributed by atoms with van der Waals surface area (Å²) in [7, 11) is 2.13. The fourth-order valence-electron chi connectivity index (χ4n) is 2.27. The van der Waals surface area contributed by atoms with E-state index in [1.165, 1.54) is 9.75 Å². The van der Waals surface area contributed by atoms with Crippen molar-refractivity contribution in [2.75, 3.05) is 39.8 Å². The lowest BCUT2D eigenvalue weighted by molar-refractivity contribution is -0.0161. The number of likely N-dealkylation sites (N-methyl/N-ethyl adjacent to an activating group) is 1. The van der Waals surface area contributed by atoms with E-state index in [0.717, 1.165) is 45.3 Å². The van der Waals surface area contributed by atoms with Crippen molar-refractivity contribution in [3.63, 3.8) is 0 Å². The minimum Gasteiger partial charge on any atom is -0.374 e. The van der Waals surface area contributed by atoms with Gasteiger partial charge in [-0.2, -0.15) is 0 Å². The molecule has 1 aliphatic heterocycles. The van der Waals surface area contributed by atoms with E-state index in [1.54, 1.807) is 11.3 Å². The van der Waals surface area contributed by atoms with E-state index < -0.39 is 0 Å². The minimum atomic E-state index is 0. The molecule has 1 aromatic rings. The molecule has 0 saturated carbocycles. The van der Waals surface area contributed by atoms with Gasteiger partial charge in [-0.3, -0.25) is 0 Å². The van der Waals surface area contributed by atoms with Crippen LogP contribution < -0.4 is 10.6 Å². The highest BCUT2D eigenvalue weighted by molar-refractivity contribution is 14.0. The van der Waals surface area contributed by atoms with Crippen LogP contribution in [0.4, 0.5) is 0 Å². The Kier molecular flexibility index (Phi) is 9.30. The largest absolute Gasteiger partial charge is 0.374 e. The molecular weight excluding hydrogens is 411 g/mol. The molecule has 0 amide bonds. The summed E-state index contributed by atoms with van der Waals surface area (Å²) in [5.74, 6) is 0.861. The number of morpholine rings is 1. The van der Waals surface area contributed by atoms with Gasteiger partial charge >= 0.3 is 0 Å². The number of rotatable bonds is 5. The first-order valence-corrected chi connectivity index (χ1v) is 8.36. The van der Waals surface area contributed by atoms with Crippen LogP contribution in [0.2, 0.25) is 0 Å². The molecule has 1 aliphatic rings. The molecule has 2 rings (SSSR count). The maximum atomic E-state index is 5.76. The zero-order valence-corrected chi connectivity index (χ0v) is 16.7. The van der Waals surface area contributed by atoms with E-state index in [9.17, 15) is 0 Å². The number of nitrogens with zero attached hydrogens (tertiary/aromatic N) is 2. The first-order chi connectivity index (χ1) is 10.2. The predicted molar refractivity (Wildman–Crippen MR) is 105 cm³/mol. The van der Waals surface area contributed by atoms with E-state index in [0.29, 0.717) is 0 Å². The lowest BCUT2D eigenvalue weighted by atomic mass is 10.3. The standard InChI is InChI=1S/C15H26N4OS.HI/c1-4-16-15(18-10-14-6-5-12(2)21-14)17-9-13-11-19(3)7-8-20-13;/h5-6,13H,4,7-11H2,1-3H3,(H2,16,17,18);1H. The zero-order chi connectivity index (χ0) is 15.1. The van der Waals surface area contributed by atoms with Crippen molar-refractivity contribution < 1.29 is 4.74 Å². The van der Waals surface area contributed by atoms with Crippen molar-refractivity contribution in [1.29, 1.82) is 0 Å². The maximum absolute atomic E-state index is 5.76. The number of nitrogens with one attached hydrogen (secondary N) is 2. The number of ether oxygens (including phenoxy) is 1. The highest BCUT2D eigenvalue weighted by atomic mass is 127. The molecule has 1 atom stereocenters. The van der Waals surface area contributed by atoms with Crippen LogP contribution in [-0.2, 0) is 11.3 Å². The van der Waals surface area contributed by atoms with E-state index in [-0.39, 0.29) is 30.1 Å². The van der Waals surface area contributed by atoms with Gasteiger partial charge in [0.1, 0.15) is 0 Å². The van der Waals surface area contributed by atoms with Gasteiger partial charge in [-0.15, -0.1) is 35.3 Å². The number of thiophene rings is 1. The van der Waals surface area contributed by atoms with Gasteiger partial charge in [0.05, 0.1) is 19.3 Å². The summed E-state index contributed by atoms with van der Waals surface area (Å²) in [4.78, 5) is 9.56. The number of aryl methyl sites for hydroxylation is 1. The SMILES string of the molecule is CCNC(=NCc1ccc(C)s1)NCC1CN(C)CCO1.I. The molecule has 1 fully saturated rings. The normalized spacial score (nSPS) is 19.6. The fraction of sp³-hybridized carbons (Fsp3) is 0.667. The van der Waals surface area contributed by atoms with Crippen LogP contribution in [0, 0.1) is 6.92 Å². The average Bonchev–Trinajstić information content (AvgIpc) is 2.88. The number of guanidine groups is 1. The first-order valence-electron chi connectivity index (χ1n) is 7.55. The van der Waals surface area contributed by atoms with Gasteiger partial charge in [-0.1, -0.05) is 0 Å².